The highest BCUT2D eigenvalue weighted by molar-refractivity contribution is 5.94. The number of rotatable bonds is 9. The lowest BCUT2D eigenvalue weighted by molar-refractivity contribution is -0.132. The molecule has 0 atom stereocenters. The molecule has 1 aromatic rings. The van der Waals surface area contributed by atoms with Gasteiger partial charge in [-0.3, -0.25) is 9.59 Å². The van der Waals surface area contributed by atoms with Crippen LogP contribution in [0.4, 0.5) is 0 Å². The number of amides is 2. The van der Waals surface area contributed by atoms with Crippen LogP contribution in [0.3, 0.4) is 0 Å². The summed E-state index contributed by atoms with van der Waals surface area (Å²) in [6.45, 7) is 8.63. The number of benzene rings is 1. The molecule has 1 rings (SSSR count). The van der Waals surface area contributed by atoms with Crippen molar-refractivity contribution in [2.24, 2.45) is 0 Å². The number of ether oxygens (including phenoxy) is 2. The zero-order valence-electron chi connectivity index (χ0n) is 15.7. The van der Waals surface area contributed by atoms with Crippen molar-refractivity contribution in [3.63, 3.8) is 0 Å². The predicted molar refractivity (Wildman–Crippen MR) is 98.7 cm³/mol. The lowest BCUT2D eigenvalue weighted by Crippen LogP contribution is -2.39. The molecule has 6 heteroatoms. The number of nitrogens with zero attached hydrogens (tertiary/aromatic N) is 1. The molecule has 0 radical (unpaired) electrons. The van der Waals surface area contributed by atoms with Crippen molar-refractivity contribution in [1.29, 1.82) is 0 Å². The summed E-state index contributed by atoms with van der Waals surface area (Å²) in [5.41, 5.74) is 0.815. The summed E-state index contributed by atoms with van der Waals surface area (Å²) in [6, 6.07) is 5.47. The van der Waals surface area contributed by atoms with Crippen LogP contribution in [0, 0.1) is 0 Å². The highest BCUT2D eigenvalue weighted by atomic mass is 16.5. The molecule has 0 aromatic heterocycles. The van der Waals surface area contributed by atoms with Crippen molar-refractivity contribution in [2.45, 2.75) is 33.8 Å². The summed E-state index contributed by atoms with van der Waals surface area (Å²) >= 11 is 0. The maximum Gasteiger partial charge on any atom is 0.247 e. The molecular weight excluding hydrogens is 320 g/mol. The number of hydrogen-bond acceptors (Lipinski definition) is 4. The van der Waals surface area contributed by atoms with E-state index in [1.807, 2.05) is 45.9 Å². The van der Waals surface area contributed by atoms with Crippen LogP contribution in [-0.4, -0.2) is 49.6 Å². The van der Waals surface area contributed by atoms with E-state index >= 15 is 0 Å². The van der Waals surface area contributed by atoms with Gasteiger partial charge < -0.3 is 19.7 Å². The van der Waals surface area contributed by atoms with Crippen molar-refractivity contribution >= 4 is 17.9 Å². The van der Waals surface area contributed by atoms with Gasteiger partial charge in [0.05, 0.1) is 19.8 Å². The molecule has 0 saturated heterocycles. The Kier molecular flexibility index (Phi) is 8.53. The van der Waals surface area contributed by atoms with Gasteiger partial charge in [-0.15, -0.1) is 0 Å². The maximum atomic E-state index is 12.3. The zero-order chi connectivity index (χ0) is 18.8. The number of carbonyl (C=O) groups excluding carboxylic acids is 2. The molecule has 0 heterocycles. The molecule has 1 aromatic carbocycles. The molecule has 0 bridgehead atoms. The van der Waals surface area contributed by atoms with Gasteiger partial charge in [-0.25, -0.2) is 0 Å². The fourth-order valence-electron chi connectivity index (χ4n) is 2.18. The Morgan fingerprint density at radius 1 is 1.24 bits per heavy atom. The van der Waals surface area contributed by atoms with E-state index in [1.54, 1.807) is 13.2 Å². The molecule has 0 aliphatic carbocycles. The van der Waals surface area contributed by atoms with Gasteiger partial charge in [-0.05, 0) is 51.5 Å². The number of likely N-dealkylation sites (N-methyl/N-ethyl adjacent to an activating group) is 2. The van der Waals surface area contributed by atoms with E-state index in [4.69, 9.17) is 9.47 Å². The minimum absolute atomic E-state index is 0.0456. The van der Waals surface area contributed by atoms with Crippen LogP contribution in [0.5, 0.6) is 11.5 Å². The first kappa shape index (κ1) is 20.5. The van der Waals surface area contributed by atoms with E-state index in [0.29, 0.717) is 24.6 Å². The van der Waals surface area contributed by atoms with Crippen LogP contribution in [-0.2, 0) is 9.59 Å². The SMILES string of the molecule is CCNC(=O)CN(CC)C(=O)C=Cc1ccc(OC(C)C)c(OC)c1. The van der Waals surface area contributed by atoms with Crippen molar-refractivity contribution in [3.05, 3.63) is 29.8 Å². The smallest absolute Gasteiger partial charge is 0.247 e. The highest BCUT2D eigenvalue weighted by Gasteiger charge is 2.12. The number of nitrogens with one attached hydrogen (secondary N) is 1. The zero-order valence-corrected chi connectivity index (χ0v) is 15.7. The molecule has 2 amide bonds. The van der Waals surface area contributed by atoms with Crippen LogP contribution < -0.4 is 14.8 Å². The molecule has 0 fully saturated rings. The predicted octanol–water partition coefficient (Wildman–Crippen LogP) is 2.48. The fraction of sp³-hybridized carbons (Fsp3) is 0.474. The average molecular weight is 348 g/mol. The Morgan fingerprint density at radius 2 is 1.96 bits per heavy atom. The third-order valence-electron chi connectivity index (χ3n) is 3.37. The van der Waals surface area contributed by atoms with E-state index in [9.17, 15) is 9.59 Å². The Balaban J connectivity index is 2.82. The number of hydrogen-bond donors (Lipinski definition) is 1. The van der Waals surface area contributed by atoms with Gasteiger partial charge in [0.2, 0.25) is 11.8 Å². The summed E-state index contributed by atoms with van der Waals surface area (Å²) < 4.78 is 11.0. The topological polar surface area (TPSA) is 67.9 Å². The standard InChI is InChI=1S/C19H28N2O4/c1-6-20-18(22)13-21(7-2)19(23)11-9-15-8-10-16(25-14(3)4)17(12-15)24-5/h8-12,14H,6-7,13H2,1-5H3,(H,20,22). The highest BCUT2D eigenvalue weighted by Crippen LogP contribution is 2.29. The monoisotopic (exact) mass is 348 g/mol. The van der Waals surface area contributed by atoms with Gasteiger partial charge in [0, 0.05) is 19.2 Å². The molecule has 138 valence electrons. The third kappa shape index (κ3) is 6.87. The largest absolute Gasteiger partial charge is 0.493 e. The van der Waals surface area contributed by atoms with Gasteiger partial charge in [-0.2, -0.15) is 0 Å². The van der Waals surface area contributed by atoms with Crippen LogP contribution in [0.15, 0.2) is 24.3 Å². The first-order valence-electron chi connectivity index (χ1n) is 8.49. The van der Waals surface area contributed by atoms with Crippen LogP contribution in [0.2, 0.25) is 0 Å². The summed E-state index contributed by atoms with van der Waals surface area (Å²) in [5, 5.41) is 2.69. The summed E-state index contributed by atoms with van der Waals surface area (Å²) in [6.07, 6.45) is 3.20. The van der Waals surface area contributed by atoms with E-state index < -0.39 is 0 Å². The van der Waals surface area contributed by atoms with E-state index in [-0.39, 0.29) is 24.5 Å². The Bertz CT molecular complexity index is 611. The Morgan fingerprint density at radius 3 is 2.52 bits per heavy atom. The maximum absolute atomic E-state index is 12.3. The van der Waals surface area contributed by atoms with Gasteiger partial charge in [0.1, 0.15) is 0 Å². The second-order valence-corrected chi connectivity index (χ2v) is 5.72. The second-order valence-electron chi connectivity index (χ2n) is 5.72. The van der Waals surface area contributed by atoms with Crippen molar-refractivity contribution < 1.29 is 19.1 Å². The normalized spacial score (nSPS) is 10.8. The van der Waals surface area contributed by atoms with Crippen molar-refractivity contribution in [3.8, 4) is 11.5 Å². The molecule has 25 heavy (non-hydrogen) atoms. The molecule has 0 aliphatic heterocycles. The van der Waals surface area contributed by atoms with Crippen molar-refractivity contribution in [1.82, 2.24) is 10.2 Å². The fourth-order valence-corrected chi connectivity index (χ4v) is 2.18. The van der Waals surface area contributed by atoms with Crippen LogP contribution in [0.25, 0.3) is 6.08 Å². The van der Waals surface area contributed by atoms with E-state index in [2.05, 4.69) is 5.32 Å². The first-order valence-corrected chi connectivity index (χ1v) is 8.49. The van der Waals surface area contributed by atoms with E-state index in [1.165, 1.54) is 11.0 Å². The quantitative estimate of drug-likeness (QED) is 0.696. The van der Waals surface area contributed by atoms with Crippen LogP contribution in [0.1, 0.15) is 33.3 Å². The van der Waals surface area contributed by atoms with Gasteiger partial charge in [-0.1, -0.05) is 6.07 Å². The first-order chi connectivity index (χ1) is 11.9. The number of methoxy groups -OCH3 is 1. The van der Waals surface area contributed by atoms with Gasteiger partial charge in [0.25, 0.3) is 0 Å². The Hall–Kier alpha value is -2.50. The van der Waals surface area contributed by atoms with Crippen molar-refractivity contribution in [2.75, 3.05) is 26.7 Å². The van der Waals surface area contributed by atoms with Crippen LogP contribution >= 0.6 is 0 Å². The average Bonchev–Trinajstić information content (AvgIpc) is 2.58. The summed E-state index contributed by atoms with van der Waals surface area (Å²) in [4.78, 5) is 25.4. The molecule has 0 unspecified atom stereocenters. The molecular formula is C19H28N2O4. The second kappa shape index (κ2) is 10.4. The number of carbonyl (C=O) groups is 2. The molecule has 0 saturated carbocycles. The Labute approximate surface area is 149 Å². The molecule has 0 spiro atoms. The van der Waals surface area contributed by atoms with Gasteiger partial charge in [0.15, 0.2) is 11.5 Å². The van der Waals surface area contributed by atoms with Gasteiger partial charge >= 0.3 is 0 Å². The lowest BCUT2D eigenvalue weighted by Gasteiger charge is -2.18. The molecule has 1 N–H and O–H groups in total. The molecule has 6 nitrogen and oxygen atoms in total. The minimum atomic E-state index is -0.213. The lowest BCUT2D eigenvalue weighted by atomic mass is 10.2. The summed E-state index contributed by atoms with van der Waals surface area (Å²) in [7, 11) is 1.58. The third-order valence-corrected chi connectivity index (χ3v) is 3.37. The molecule has 0 aliphatic rings. The minimum Gasteiger partial charge on any atom is -0.493 e. The van der Waals surface area contributed by atoms with E-state index in [0.717, 1.165) is 5.56 Å². The summed E-state index contributed by atoms with van der Waals surface area (Å²) in [5.74, 6) is 0.892.